The number of methoxy groups -OCH3 is 1. The van der Waals surface area contributed by atoms with E-state index < -0.39 is 32.2 Å². The van der Waals surface area contributed by atoms with Crippen LogP contribution in [-0.4, -0.2) is 33.6 Å². The van der Waals surface area contributed by atoms with Gasteiger partial charge in [0.25, 0.3) is 0 Å². The van der Waals surface area contributed by atoms with Crippen LogP contribution in [0.15, 0.2) is 23.1 Å². The van der Waals surface area contributed by atoms with Crippen molar-refractivity contribution >= 4 is 28.4 Å². The molecule has 0 spiro atoms. The molecular weight excluding hydrogens is 347 g/mol. The van der Waals surface area contributed by atoms with Gasteiger partial charge in [0.15, 0.2) is 0 Å². The van der Waals surface area contributed by atoms with Gasteiger partial charge in [0.05, 0.1) is 17.6 Å². The fraction of sp³-hybridized carbons (Fsp3) is 0.500. The van der Waals surface area contributed by atoms with E-state index in [1.807, 2.05) is 0 Å². The molecule has 1 aromatic rings. The Morgan fingerprint density at radius 1 is 1.35 bits per heavy atom. The Kier molecular flexibility index (Phi) is 8.13. The van der Waals surface area contributed by atoms with Gasteiger partial charge in [-0.25, -0.2) is 22.3 Å². The van der Waals surface area contributed by atoms with Gasteiger partial charge in [0, 0.05) is 12.1 Å². The maximum Gasteiger partial charge on any atom is 0.339 e. The molecule has 0 bridgehead atoms. The van der Waals surface area contributed by atoms with E-state index in [0.717, 1.165) is 25.3 Å². The first kappa shape index (κ1) is 21.8. The lowest BCUT2D eigenvalue weighted by molar-refractivity contribution is 0.0596. The largest absolute Gasteiger partial charge is 0.465 e. The van der Waals surface area contributed by atoms with Crippen LogP contribution in [-0.2, 0) is 14.8 Å². The summed E-state index contributed by atoms with van der Waals surface area (Å²) < 4.78 is 45.6. The van der Waals surface area contributed by atoms with E-state index in [0.29, 0.717) is 12.8 Å². The van der Waals surface area contributed by atoms with Crippen molar-refractivity contribution < 1.29 is 22.3 Å². The van der Waals surface area contributed by atoms with E-state index in [1.54, 1.807) is 13.8 Å². The second kappa shape index (κ2) is 8.58. The van der Waals surface area contributed by atoms with Crippen molar-refractivity contribution in [3.05, 3.63) is 29.6 Å². The predicted octanol–water partition coefficient (Wildman–Crippen LogP) is 1.83. The summed E-state index contributed by atoms with van der Waals surface area (Å²) >= 11 is 0. The molecule has 0 heterocycles. The number of ether oxygens (including phenoxy) is 1. The molecule has 0 amide bonds. The number of nitrogens with two attached hydrogens (primary N) is 1. The van der Waals surface area contributed by atoms with Gasteiger partial charge in [0.2, 0.25) is 10.0 Å². The number of carbonyl (C=O) groups is 1. The quantitative estimate of drug-likeness (QED) is 0.715. The van der Waals surface area contributed by atoms with Gasteiger partial charge in [-0.05, 0) is 31.0 Å². The molecule has 0 aliphatic heterocycles. The van der Waals surface area contributed by atoms with E-state index in [4.69, 9.17) is 5.73 Å². The van der Waals surface area contributed by atoms with Crippen LogP contribution in [0.3, 0.4) is 0 Å². The molecule has 1 aromatic carbocycles. The van der Waals surface area contributed by atoms with Gasteiger partial charge in [0.1, 0.15) is 5.82 Å². The topological polar surface area (TPSA) is 98.5 Å². The number of esters is 1. The second-order valence-electron chi connectivity index (χ2n) is 4.93. The first-order valence-electron chi connectivity index (χ1n) is 6.87. The summed E-state index contributed by atoms with van der Waals surface area (Å²) in [5.41, 5.74) is 4.60. The average molecular weight is 369 g/mol. The summed E-state index contributed by atoms with van der Waals surface area (Å²) in [5, 5.41) is 0. The molecule has 0 saturated carbocycles. The minimum atomic E-state index is -4.13. The lowest BCUT2D eigenvalue weighted by atomic mass is 9.95. The third-order valence-electron chi connectivity index (χ3n) is 3.73. The maximum absolute atomic E-state index is 13.5. The molecule has 0 saturated heterocycles. The van der Waals surface area contributed by atoms with Crippen molar-refractivity contribution in [2.24, 2.45) is 5.73 Å². The molecule has 0 radical (unpaired) electrons. The highest BCUT2D eigenvalue weighted by Gasteiger charge is 2.33. The highest BCUT2D eigenvalue weighted by Crippen LogP contribution is 2.22. The Labute approximate surface area is 142 Å². The van der Waals surface area contributed by atoms with Gasteiger partial charge in [-0.3, -0.25) is 0 Å². The number of nitrogens with one attached hydrogen (secondary N) is 1. The molecule has 6 nitrogen and oxygen atoms in total. The Morgan fingerprint density at radius 2 is 1.91 bits per heavy atom. The van der Waals surface area contributed by atoms with Crippen LogP contribution in [0.25, 0.3) is 0 Å². The molecule has 0 aliphatic carbocycles. The predicted molar refractivity (Wildman–Crippen MR) is 87.7 cm³/mol. The summed E-state index contributed by atoms with van der Waals surface area (Å²) in [7, 11) is -3.01. The van der Waals surface area contributed by atoms with E-state index in [-0.39, 0.29) is 24.5 Å². The van der Waals surface area contributed by atoms with E-state index in [9.17, 15) is 17.6 Å². The van der Waals surface area contributed by atoms with Gasteiger partial charge >= 0.3 is 5.97 Å². The summed E-state index contributed by atoms with van der Waals surface area (Å²) in [6, 6.07) is 2.88. The number of carbonyl (C=O) groups excluding carboxylic acids is 1. The minimum Gasteiger partial charge on any atom is -0.465 e. The number of benzene rings is 1. The molecular formula is C14H22ClFN2O4S. The number of hydrogen-bond acceptors (Lipinski definition) is 5. The van der Waals surface area contributed by atoms with Crippen molar-refractivity contribution in [1.82, 2.24) is 4.72 Å². The van der Waals surface area contributed by atoms with Crippen LogP contribution in [0.4, 0.5) is 4.39 Å². The summed E-state index contributed by atoms with van der Waals surface area (Å²) in [5.74, 6) is -1.62. The third-order valence-corrected chi connectivity index (χ3v) is 5.35. The van der Waals surface area contributed by atoms with Crippen LogP contribution >= 0.6 is 12.4 Å². The maximum atomic E-state index is 13.5. The molecule has 0 atom stereocenters. The van der Waals surface area contributed by atoms with Gasteiger partial charge in [-0.15, -0.1) is 12.4 Å². The van der Waals surface area contributed by atoms with Crippen molar-refractivity contribution in [2.75, 3.05) is 13.7 Å². The van der Waals surface area contributed by atoms with Crippen molar-refractivity contribution in [2.45, 2.75) is 37.1 Å². The highest BCUT2D eigenvalue weighted by molar-refractivity contribution is 7.89. The number of hydrogen-bond donors (Lipinski definition) is 2. The van der Waals surface area contributed by atoms with Gasteiger partial charge in [-0.1, -0.05) is 13.8 Å². The van der Waals surface area contributed by atoms with Gasteiger partial charge in [-0.2, -0.15) is 0 Å². The number of sulfonamides is 1. The van der Waals surface area contributed by atoms with Crippen LogP contribution in [0, 0.1) is 5.82 Å². The molecule has 1 rings (SSSR count). The van der Waals surface area contributed by atoms with Crippen LogP contribution in [0.1, 0.15) is 37.0 Å². The summed E-state index contributed by atoms with van der Waals surface area (Å²) in [4.78, 5) is 11.2. The zero-order chi connectivity index (χ0) is 17.0. The molecule has 3 N–H and O–H groups in total. The highest BCUT2D eigenvalue weighted by atomic mass is 35.5. The standard InChI is InChI=1S/C14H21FN2O4S.ClH/c1-4-14(5-2,9-16)17-22(19,20)12-8-10(15)6-7-11(12)13(18)21-3;/h6-8,17H,4-5,9,16H2,1-3H3;1H. The first-order chi connectivity index (χ1) is 10.2. The Bertz CT molecular complexity index is 640. The molecule has 23 heavy (non-hydrogen) atoms. The van der Waals surface area contributed by atoms with E-state index in [2.05, 4.69) is 9.46 Å². The Balaban J connectivity index is 0.00000484. The fourth-order valence-electron chi connectivity index (χ4n) is 2.06. The second-order valence-corrected chi connectivity index (χ2v) is 6.58. The third kappa shape index (κ3) is 4.87. The zero-order valence-corrected chi connectivity index (χ0v) is 14.9. The van der Waals surface area contributed by atoms with E-state index in [1.165, 1.54) is 0 Å². The van der Waals surface area contributed by atoms with Crippen molar-refractivity contribution in [3.63, 3.8) is 0 Å². The molecule has 0 aliphatic rings. The Hall–Kier alpha value is -1.22. The molecule has 132 valence electrons. The summed E-state index contributed by atoms with van der Waals surface area (Å²) in [6.45, 7) is 3.68. The summed E-state index contributed by atoms with van der Waals surface area (Å²) in [6.07, 6.45) is 0.921. The smallest absolute Gasteiger partial charge is 0.339 e. The van der Waals surface area contributed by atoms with Crippen LogP contribution < -0.4 is 10.5 Å². The lowest BCUT2D eigenvalue weighted by Gasteiger charge is -2.31. The lowest BCUT2D eigenvalue weighted by Crippen LogP contribution is -2.52. The first-order valence-corrected chi connectivity index (χ1v) is 8.35. The Morgan fingerprint density at radius 3 is 2.35 bits per heavy atom. The fourth-order valence-corrected chi connectivity index (χ4v) is 3.82. The van der Waals surface area contributed by atoms with Crippen LogP contribution in [0.5, 0.6) is 0 Å². The van der Waals surface area contributed by atoms with Crippen molar-refractivity contribution in [1.29, 1.82) is 0 Å². The monoisotopic (exact) mass is 368 g/mol. The van der Waals surface area contributed by atoms with Crippen molar-refractivity contribution in [3.8, 4) is 0 Å². The SMILES string of the molecule is CCC(CC)(CN)NS(=O)(=O)c1cc(F)ccc1C(=O)OC.Cl. The van der Waals surface area contributed by atoms with Gasteiger partial charge < -0.3 is 10.5 Å². The molecule has 0 unspecified atom stereocenters. The molecule has 0 aromatic heterocycles. The molecule has 0 fully saturated rings. The average Bonchev–Trinajstić information content (AvgIpc) is 2.52. The molecule has 9 heteroatoms. The normalized spacial score (nSPS) is 11.7. The van der Waals surface area contributed by atoms with E-state index >= 15 is 0 Å². The number of rotatable bonds is 7. The zero-order valence-electron chi connectivity index (χ0n) is 13.3. The number of halogens is 2. The minimum absolute atomic E-state index is 0. The van der Waals surface area contributed by atoms with Crippen LogP contribution in [0.2, 0.25) is 0 Å².